The van der Waals surface area contributed by atoms with Gasteiger partial charge in [0.1, 0.15) is 5.76 Å². The van der Waals surface area contributed by atoms with Crippen molar-refractivity contribution in [2.24, 2.45) is 29.6 Å². The Kier molecular flexibility index (Phi) is 13.1. The Morgan fingerprint density at radius 1 is 0.645 bits per heavy atom. The third-order valence-electron chi connectivity index (χ3n) is 7.94. The third kappa shape index (κ3) is 10.1. The second-order valence-corrected chi connectivity index (χ2v) is 11.5. The summed E-state index contributed by atoms with van der Waals surface area (Å²) < 4.78 is 0. The molecule has 0 heterocycles. The molecule has 0 saturated heterocycles. The quantitative estimate of drug-likeness (QED) is 0.270. The average Bonchev–Trinajstić information content (AvgIpc) is 2.70. The van der Waals surface area contributed by atoms with Crippen LogP contribution in [0.2, 0.25) is 0 Å². The second kappa shape index (κ2) is 14.4. The minimum atomic E-state index is -0.434. The van der Waals surface area contributed by atoms with Crippen LogP contribution < -0.4 is 0 Å². The summed E-state index contributed by atoms with van der Waals surface area (Å²) in [6.45, 7) is 17.7. The lowest BCUT2D eigenvalue weighted by atomic mass is 9.78. The van der Waals surface area contributed by atoms with Crippen molar-refractivity contribution in [2.45, 2.75) is 132 Å². The first kappa shape index (κ1) is 28.3. The number of rotatable bonds is 15. The van der Waals surface area contributed by atoms with E-state index in [2.05, 4.69) is 34.6 Å². The molecule has 0 aromatic heterocycles. The van der Waals surface area contributed by atoms with Crippen molar-refractivity contribution >= 4 is 0 Å². The fraction of sp³-hybridized carbons (Fsp3) is 0.862. The summed E-state index contributed by atoms with van der Waals surface area (Å²) in [6.07, 6.45) is 13.9. The van der Waals surface area contributed by atoms with E-state index in [1.54, 1.807) is 0 Å². The van der Waals surface area contributed by atoms with Gasteiger partial charge >= 0.3 is 0 Å². The third-order valence-corrected chi connectivity index (χ3v) is 7.94. The maximum atomic E-state index is 10.6. The maximum absolute atomic E-state index is 10.6. The Bertz CT molecular complexity index is 571. The molecular weight excluding hydrogens is 380 g/mol. The van der Waals surface area contributed by atoms with Crippen LogP contribution in [0.4, 0.5) is 0 Å². The van der Waals surface area contributed by atoms with Crippen LogP contribution in [0.3, 0.4) is 0 Å². The maximum Gasteiger partial charge on any atom is 0.117 e. The van der Waals surface area contributed by atoms with Gasteiger partial charge in [0.2, 0.25) is 0 Å². The van der Waals surface area contributed by atoms with Crippen LogP contribution in [-0.2, 0) is 0 Å². The number of allylic oxidation sites excluding steroid dienone is 1. The van der Waals surface area contributed by atoms with E-state index in [9.17, 15) is 10.2 Å². The number of aliphatic hydroxyl groups excluding tert-OH is 2. The van der Waals surface area contributed by atoms with Crippen molar-refractivity contribution < 1.29 is 10.2 Å². The predicted octanol–water partition coefficient (Wildman–Crippen LogP) is 9.00. The summed E-state index contributed by atoms with van der Waals surface area (Å²) in [5.41, 5.74) is 2.76. The summed E-state index contributed by atoms with van der Waals surface area (Å²) in [5, 5.41) is 21.0. The molecule has 0 bridgehead atoms. The molecule has 0 aromatic rings. The van der Waals surface area contributed by atoms with E-state index in [0.717, 1.165) is 47.3 Å². The molecule has 1 rings (SSSR count). The molecule has 1 aliphatic rings. The van der Waals surface area contributed by atoms with E-state index in [1.165, 1.54) is 57.8 Å². The van der Waals surface area contributed by atoms with Crippen molar-refractivity contribution in [2.75, 3.05) is 0 Å². The van der Waals surface area contributed by atoms with Crippen LogP contribution in [0.25, 0.3) is 0 Å². The minimum absolute atomic E-state index is 0.0765. The van der Waals surface area contributed by atoms with Gasteiger partial charge in [0.15, 0.2) is 0 Å². The number of hydrogen-bond donors (Lipinski definition) is 2. The number of aliphatic hydroxyl groups is 2. The smallest absolute Gasteiger partial charge is 0.117 e. The van der Waals surface area contributed by atoms with E-state index >= 15 is 0 Å². The van der Waals surface area contributed by atoms with Crippen LogP contribution in [0.5, 0.6) is 0 Å². The van der Waals surface area contributed by atoms with Gasteiger partial charge in [0, 0.05) is 5.92 Å². The van der Waals surface area contributed by atoms with Gasteiger partial charge in [-0.2, -0.15) is 0 Å². The normalized spacial score (nSPS) is 22.9. The molecule has 31 heavy (non-hydrogen) atoms. The van der Waals surface area contributed by atoms with Crippen molar-refractivity contribution in [3.63, 3.8) is 0 Å². The summed E-state index contributed by atoms with van der Waals surface area (Å²) in [5.74, 6) is 3.74. The summed E-state index contributed by atoms with van der Waals surface area (Å²) >= 11 is 0. The van der Waals surface area contributed by atoms with Crippen molar-refractivity contribution in [3.05, 3.63) is 22.5 Å². The SMILES string of the molecule is CC1=C(C)C(O)C(CCC(C)CCC[C@H](C)CCC[C@H](C)CCCC(C)C)C(C)=C1O. The van der Waals surface area contributed by atoms with Crippen LogP contribution in [-0.4, -0.2) is 16.3 Å². The van der Waals surface area contributed by atoms with Gasteiger partial charge in [-0.15, -0.1) is 0 Å². The van der Waals surface area contributed by atoms with Crippen LogP contribution >= 0.6 is 0 Å². The fourth-order valence-electron chi connectivity index (χ4n) is 5.19. The van der Waals surface area contributed by atoms with Gasteiger partial charge in [-0.05, 0) is 67.6 Å². The molecule has 1 aliphatic carbocycles. The molecule has 0 aliphatic heterocycles. The van der Waals surface area contributed by atoms with Crippen LogP contribution in [0, 0.1) is 29.6 Å². The highest BCUT2D eigenvalue weighted by atomic mass is 16.3. The molecule has 2 nitrogen and oxygen atoms in total. The van der Waals surface area contributed by atoms with Gasteiger partial charge in [-0.25, -0.2) is 0 Å². The highest BCUT2D eigenvalue weighted by Gasteiger charge is 2.30. The molecule has 2 N–H and O–H groups in total. The molecule has 182 valence electrons. The van der Waals surface area contributed by atoms with E-state index < -0.39 is 6.10 Å². The molecule has 0 saturated carbocycles. The van der Waals surface area contributed by atoms with Gasteiger partial charge in [0.25, 0.3) is 0 Å². The molecular formula is C29H54O2. The zero-order chi connectivity index (χ0) is 23.6. The second-order valence-electron chi connectivity index (χ2n) is 11.5. The molecule has 0 radical (unpaired) electrons. The first-order chi connectivity index (χ1) is 14.5. The van der Waals surface area contributed by atoms with E-state index in [4.69, 9.17) is 0 Å². The molecule has 0 amide bonds. The zero-order valence-corrected chi connectivity index (χ0v) is 22.1. The highest BCUT2D eigenvalue weighted by Crippen LogP contribution is 2.36. The van der Waals surface area contributed by atoms with Crippen molar-refractivity contribution in [1.82, 2.24) is 0 Å². The van der Waals surface area contributed by atoms with Crippen LogP contribution in [0.15, 0.2) is 22.5 Å². The Balaban J connectivity index is 2.19. The van der Waals surface area contributed by atoms with Gasteiger partial charge in [-0.1, -0.05) is 98.8 Å². The van der Waals surface area contributed by atoms with Gasteiger partial charge in [-0.3, -0.25) is 0 Å². The molecule has 0 fully saturated rings. The minimum Gasteiger partial charge on any atom is -0.508 e. The first-order valence-corrected chi connectivity index (χ1v) is 13.3. The molecule has 2 heteroatoms. The standard InChI is InChI=1S/C29H54O2/c1-20(2)12-9-13-21(3)14-10-15-22(4)16-11-17-23(5)18-19-27-26(8)28(30)24(6)25(7)29(27)31/h20-23,27,29-31H,9-19H2,1-8H3/t21-,22-,23?,27?,29?/m1/s1. The molecule has 3 unspecified atom stereocenters. The van der Waals surface area contributed by atoms with E-state index in [1.807, 2.05) is 20.8 Å². The van der Waals surface area contributed by atoms with E-state index in [-0.39, 0.29) is 5.92 Å². The lowest BCUT2D eigenvalue weighted by Gasteiger charge is -2.31. The fourth-order valence-corrected chi connectivity index (χ4v) is 5.19. The zero-order valence-electron chi connectivity index (χ0n) is 22.1. The lowest BCUT2D eigenvalue weighted by Crippen LogP contribution is -2.28. The average molecular weight is 435 g/mol. The number of hydrogen-bond acceptors (Lipinski definition) is 2. The Labute approximate surface area is 194 Å². The predicted molar refractivity (Wildman–Crippen MR) is 136 cm³/mol. The molecule has 0 spiro atoms. The summed E-state index contributed by atoms with van der Waals surface area (Å²) in [7, 11) is 0. The van der Waals surface area contributed by atoms with E-state index in [0.29, 0.717) is 11.7 Å². The van der Waals surface area contributed by atoms with Crippen molar-refractivity contribution in [3.8, 4) is 0 Å². The van der Waals surface area contributed by atoms with Crippen LogP contribution in [0.1, 0.15) is 126 Å². The summed E-state index contributed by atoms with van der Waals surface area (Å²) in [4.78, 5) is 0. The summed E-state index contributed by atoms with van der Waals surface area (Å²) in [6, 6.07) is 0. The van der Waals surface area contributed by atoms with Gasteiger partial charge in [0.05, 0.1) is 6.10 Å². The highest BCUT2D eigenvalue weighted by molar-refractivity contribution is 5.39. The monoisotopic (exact) mass is 434 g/mol. The largest absolute Gasteiger partial charge is 0.508 e. The van der Waals surface area contributed by atoms with Gasteiger partial charge < -0.3 is 10.2 Å². The van der Waals surface area contributed by atoms with Crippen molar-refractivity contribution in [1.29, 1.82) is 0 Å². The first-order valence-electron chi connectivity index (χ1n) is 13.3. The Morgan fingerprint density at radius 3 is 1.52 bits per heavy atom. The molecule has 5 atom stereocenters. The molecule has 0 aromatic carbocycles. The Hall–Kier alpha value is -0.760. The Morgan fingerprint density at radius 2 is 1.06 bits per heavy atom. The lowest BCUT2D eigenvalue weighted by molar-refractivity contribution is 0.139. The topological polar surface area (TPSA) is 40.5 Å².